The fourth-order valence-electron chi connectivity index (χ4n) is 3.64. The van der Waals surface area contributed by atoms with Crippen LogP contribution in [0.25, 0.3) is 0 Å². The van der Waals surface area contributed by atoms with E-state index in [9.17, 15) is 9.59 Å². The molecule has 0 bridgehead atoms. The maximum atomic E-state index is 13.1. The summed E-state index contributed by atoms with van der Waals surface area (Å²) in [5.41, 5.74) is 10.8. The Balaban J connectivity index is 3.00. The Morgan fingerprint density at radius 1 is 1.14 bits per heavy atom. The van der Waals surface area contributed by atoms with E-state index >= 15 is 0 Å². The SMILES string of the molecule is CCCC(CN)(CCC)C(=O)N(CC(N)=O)C1CCCC1. The van der Waals surface area contributed by atoms with E-state index in [4.69, 9.17) is 11.5 Å². The van der Waals surface area contributed by atoms with Gasteiger partial charge in [0.05, 0.1) is 12.0 Å². The number of amides is 2. The highest BCUT2D eigenvalue weighted by Crippen LogP contribution is 2.34. The third kappa shape index (κ3) is 4.43. The molecule has 0 atom stereocenters. The van der Waals surface area contributed by atoms with Gasteiger partial charge >= 0.3 is 0 Å². The first-order chi connectivity index (χ1) is 10.0. The van der Waals surface area contributed by atoms with Crippen molar-refractivity contribution in [3.05, 3.63) is 0 Å². The monoisotopic (exact) mass is 297 g/mol. The van der Waals surface area contributed by atoms with Gasteiger partial charge in [-0.15, -0.1) is 0 Å². The van der Waals surface area contributed by atoms with E-state index in [1.54, 1.807) is 4.90 Å². The summed E-state index contributed by atoms with van der Waals surface area (Å²) < 4.78 is 0. The van der Waals surface area contributed by atoms with Gasteiger partial charge in [-0.25, -0.2) is 0 Å². The first-order valence-electron chi connectivity index (χ1n) is 8.30. The Morgan fingerprint density at radius 2 is 1.67 bits per heavy atom. The molecule has 0 aromatic rings. The van der Waals surface area contributed by atoms with Crippen LogP contribution in [0.4, 0.5) is 0 Å². The molecule has 0 aromatic heterocycles. The second-order valence-corrected chi connectivity index (χ2v) is 6.32. The molecule has 0 aromatic carbocycles. The summed E-state index contributed by atoms with van der Waals surface area (Å²) in [6, 6.07) is 0.157. The summed E-state index contributed by atoms with van der Waals surface area (Å²) in [5, 5.41) is 0. The van der Waals surface area contributed by atoms with Crippen LogP contribution in [0.15, 0.2) is 0 Å². The summed E-state index contributed by atoms with van der Waals surface area (Å²) in [5.74, 6) is -0.395. The third-order valence-corrected chi connectivity index (χ3v) is 4.65. The zero-order valence-electron chi connectivity index (χ0n) is 13.6. The number of nitrogens with two attached hydrogens (primary N) is 2. The molecule has 1 fully saturated rings. The van der Waals surface area contributed by atoms with Crippen molar-refractivity contribution in [1.82, 2.24) is 4.90 Å². The average Bonchev–Trinajstić information content (AvgIpc) is 2.97. The fraction of sp³-hybridized carbons (Fsp3) is 0.875. The Morgan fingerprint density at radius 3 is 2.05 bits per heavy atom. The molecule has 122 valence electrons. The molecule has 0 spiro atoms. The zero-order chi connectivity index (χ0) is 15.9. The largest absolute Gasteiger partial charge is 0.368 e. The standard InChI is InChI=1S/C16H31N3O2/c1-3-9-16(12-17,10-4-2)15(21)19(11-14(18)20)13-7-5-6-8-13/h13H,3-12,17H2,1-2H3,(H2,18,20). The number of hydrogen-bond acceptors (Lipinski definition) is 3. The Labute approximate surface area is 128 Å². The van der Waals surface area contributed by atoms with Crippen LogP contribution in [0.3, 0.4) is 0 Å². The van der Waals surface area contributed by atoms with Crippen molar-refractivity contribution in [2.24, 2.45) is 16.9 Å². The van der Waals surface area contributed by atoms with Crippen LogP contribution in [-0.4, -0.2) is 35.8 Å². The summed E-state index contributed by atoms with van der Waals surface area (Å²) >= 11 is 0. The maximum Gasteiger partial charge on any atom is 0.237 e. The molecule has 1 rings (SSSR count). The Bertz CT molecular complexity index is 345. The van der Waals surface area contributed by atoms with E-state index in [0.717, 1.165) is 51.4 Å². The van der Waals surface area contributed by atoms with Crippen molar-refractivity contribution < 1.29 is 9.59 Å². The number of hydrogen-bond donors (Lipinski definition) is 2. The molecule has 1 aliphatic rings. The van der Waals surface area contributed by atoms with Crippen LogP contribution in [0.1, 0.15) is 65.2 Å². The van der Waals surface area contributed by atoms with Crippen molar-refractivity contribution >= 4 is 11.8 Å². The summed E-state index contributed by atoms with van der Waals surface area (Å²) in [6.07, 6.45) is 7.55. The highest BCUT2D eigenvalue weighted by molar-refractivity contribution is 5.88. The van der Waals surface area contributed by atoms with Gasteiger partial charge < -0.3 is 16.4 Å². The number of nitrogens with zero attached hydrogens (tertiary/aromatic N) is 1. The quantitative estimate of drug-likeness (QED) is 0.680. The van der Waals surface area contributed by atoms with Crippen molar-refractivity contribution in [3.63, 3.8) is 0 Å². The molecule has 0 saturated heterocycles. The number of carbonyl (C=O) groups is 2. The van der Waals surface area contributed by atoms with Crippen LogP contribution in [0.5, 0.6) is 0 Å². The van der Waals surface area contributed by atoms with Gasteiger partial charge in [0, 0.05) is 12.6 Å². The molecular weight excluding hydrogens is 266 g/mol. The van der Waals surface area contributed by atoms with Gasteiger partial charge in [-0.05, 0) is 25.7 Å². The smallest absolute Gasteiger partial charge is 0.237 e. The minimum atomic E-state index is -0.526. The van der Waals surface area contributed by atoms with Crippen molar-refractivity contribution in [2.75, 3.05) is 13.1 Å². The van der Waals surface area contributed by atoms with Crippen molar-refractivity contribution in [3.8, 4) is 0 Å². The molecule has 1 saturated carbocycles. The van der Waals surface area contributed by atoms with Crippen LogP contribution in [0, 0.1) is 5.41 Å². The van der Waals surface area contributed by atoms with Crippen LogP contribution >= 0.6 is 0 Å². The van der Waals surface area contributed by atoms with Gasteiger partial charge in [0.2, 0.25) is 11.8 Å². The maximum absolute atomic E-state index is 13.1. The van der Waals surface area contributed by atoms with Crippen LogP contribution in [-0.2, 0) is 9.59 Å². The highest BCUT2D eigenvalue weighted by atomic mass is 16.2. The van der Waals surface area contributed by atoms with Gasteiger partial charge in [-0.3, -0.25) is 9.59 Å². The number of rotatable bonds is 9. The molecule has 0 unspecified atom stereocenters. The topological polar surface area (TPSA) is 89.4 Å². The lowest BCUT2D eigenvalue weighted by atomic mass is 9.77. The Hall–Kier alpha value is -1.10. The fourth-order valence-corrected chi connectivity index (χ4v) is 3.64. The van der Waals surface area contributed by atoms with E-state index in [2.05, 4.69) is 13.8 Å². The van der Waals surface area contributed by atoms with Gasteiger partial charge in [0.1, 0.15) is 0 Å². The van der Waals surface area contributed by atoms with Crippen LogP contribution < -0.4 is 11.5 Å². The van der Waals surface area contributed by atoms with Gasteiger partial charge in [-0.1, -0.05) is 39.5 Å². The average molecular weight is 297 g/mol. The van der Waals surface area contributed by atoms with E-state index in [-0.39, 0.29) is 18.5 Å². The van der Waals surface area contributed by atoms with Crippen molar-refractivity contribution in [1.29, 1.82) is 0 Å². The second-order valence-electron chi connectivity index (χ2n) is 6.32. The molecule has 0 aliphatic heterocycles. The summed E-state index contributed by atoms with van der Waals surface area (Å²) in [4.78, 5) is 26.3. The molecule has 5 heteroatoms. The third-order valence-electron chi connectivity index (χ3n) is 4.65. The molecule has 5 nitrogen and oxygen atoms in total. The lowest BCUT2D eigenvalue weighted by molar-refractivity contribution is -0.147. The lowest BCUT2D eigenvalue weighted by Gasteiger charge is -2.39. The van der Waals surface area contributed by atoms with Crippen molar-refractivity contribution in [2.45, 2.75) is 71.3 Å². The van der Waals surface area contributed by atoms with Gasteiger partial charge in [-0.2, -0.15) is 0 Å². The minimum Gasteiger partial charge on any atom is -0.368 e. The zero-order valence-corrected chi connectivity index (χ0v) is 13.6. The number of carbonyl (C=O) groups excluding carboxylic acids is 2. The normalized spacial score (nSPS) is 16.1. The molecule has 0 heterocycles. The molecule has 21 heavy (non-hydrogen) atoms. The van der Waals surface area contributed by atoms with E-state index in [1.807, 2.05) is 0 Å². The predicted molar refractivity (Wildman–Crippen MR) is 84.5 cm³/mol. The molecular formula is C16H31N3O2. The second kappa shape index (κ2) is 8.37. The Kier molecular flexibility index (Phi) is 7.15. The van der Waals surface area contributed by atoms with Crippen LogP contribution in [0.2, 0.25) is 0 Å². The molecule has 2 amide bonds. The first kappa shape index (κ1) is 18.0. The minimum absolute atomic E-state index is 0.0265. The predicted octanol–water partition coefficient (Wildman–Crippen LogP) is 1.79. The number of primary amides is 1. The molecule has 0 radical (unpaired) electrons. The molecule has 4 N–H and O–H groups in total. The summed E-state index contributed by atoms with van der Waals surface area (Å²) in [7, 11) is 0. The lowest BCUT2D eigenvalue weighted by Crippen LogP contribution is -2.53. The van der Waals surface area contributed by atoms with E-state index < -0.39 is 11.3 Å². The van der Waals surface area contributed by atoms with Gasteiger partial charge in [0.15, 0.2) is 0 Å². The van der Waals surface area contributed by atoms with E-state index in [1.165, 1.54) is 0 Å². The highest BCUT2D eigenvalue weighted by Gasteiger charge is 2.41. The summed E-state index contributed by atoms with van der Waals surface area (Å²) in [6.45, 7) is 4.51. The first-order valence-corrected chi connectivity index (χ1v) is 8.30. The van der Waals surface area contributed by atoms with Gasteiger partial charge in [0.25, 0.3) is 0 Å². The van der Waals surface area contributed by atoms with E-state index in [0.29, 0.717) is 6.54 Å². The molecule has 1 aliphatic carbocycles.